The molecule has 2 aliphatic rings. The van der Waals surface area contributed by atoms with Gasteiger partial charge in [0, 0.05) is 18.9 Å². The second-order valence-electron chi connectivity index (χ2n) is 5.64. The summed E-state index contributed by atoms with van der Waals surface area (Å²) >= 11 is 0. The smallest absolute Gasteiger partial charge is 0.256 e. The summed E-state index contributed by atoms with van der Waals surface area (Å²) in [4.78, 5) is 29.6. The number of anilines is 1. The van der Waals surface area contributed by atoms with E-state index >= 15 is 0 Å². The number of methoxy groups -OCH3 is 1. The molecule has 116 valence electrons. The van der Waals surface area contributed by atoms with Gasteiger partial charge in [-0.25, -0.2) is 15.0 Å². The Morgan fingerprint density at radius 1 is 1.43 bits per heavy atom. The first-order valence-electron chi connectivity index (χ1n) is 7.42. The maximum atomic E-state index is 12.3. The number of ether oxygens (including phenoxy) is 1. The highest BCUT2D eigenvalue weighted by atomic mass is 16.5. The average Bonchev–Trinajstić information content (AvgIpc) is 3.33. The molecule has 8 heteroatoms. The first kappa shape index (κ1) is 13.7. The molecular formula is C15H14N6O2. The Bertz CT molecular complexity index is 881. The van der Waals surface area contributed by atoms with Crippen LogP contribution in [0.4, 0.5) is 5.82 Å². The topological polar surface area (TPSA) is 108 Å². The van der Waals surface area contributed by atoms with Gasteiger partial charge in [-0.2, -0.15) is 5.26 Å². The van der Waals surface area contributed by atoms with E-state index in [1.165, 1.54) is 18.3 Å². The maximum absolute atomic E-state index is 12.3. The number of hydrogen-bond donors (Lipinski definition) is 1. The number of aromatic nitrogens is 4. The number of hydrogen-bond acceptors (Lipinski definition) is 7. The van der Waals surface area contributed by atoms with Crippen molar-refractivity contribution < 1.29 is 4.74 Å². The summed E-state index contributed by atoms with van der Waals surface area (Å²) in [5, 5.41) is 9.19. The van der Waals surface area contributed by atoms with Gasteiger partial charge in [0.05, 0.1) is 18.4 Å². The minimum Gasteiger partial charge on any atom is -0.480 e. The second-order valence-corrected chi connectivity index (χ2v) is 5.64. The minimum absolute atomic E-state index is 0.226. The highest BCUT2D eigenvalue weighted by Crippen LogP contribution is 2.44. The highest BCUT2D eigenvalue weighted by Gasteiger charge is 2.32. The summed E-state index contributed by atoms with van der Waals surface area (Å²) in [6, 6.07) is 0. The van der Waals surface area contributed by atoms with E-state index in [-0.39, 0.29) is 5.56 Å². The van der Waals surface area contributed by atoms with E-state index in [9.17, 15) is 10.1 Å². The molecule has 0 unspecified atom stereocenters. The van der Waals surface area contributed by atoms with Gasteiger partial charge >= 0.3 is 0 Å². The third-order valence-electron chi connectivity index (χ3n) is 4.19. The lowest BCUT2D eigenvalue weighted by Gasteiger charge is -2.13. The maximum Gasteiger partial charge on any atom is 0.256 e. The molecule has 0 aromatic carbocycles. The van der Waals surface area contributed by atoms with Crippen LogP contribution in [0.1, 0.15) is 30.0 Å². The predicted octanol–water partition coefficient (Wildman–Crippen LogP) is 0.956. The monoisotopic (exact) mass is 310 g/mol. The fraction of sp³-hybridized carbons (Fsp3) is 0.400. The van der Waals surface area contributed by atoms with Crippen LogP contribution >= 0.6 is 0 Å². The van der Waals surface area contributed by atoms with Crippen molar-refractivity contribution in [2.75, 3.05) is 18.6 Å². The van der Waals surface area contributed by atoms with Crippen molar-refractivity contribution in [3.05, 3.63) is 27.9 Å². The Labute approximate surface area is 131 Å². The van der Waals surface area contributed by atoms with E-state index < -0.39 is 0 Å². The lowest BCUT2D eigenvalue weighted by Crippen LogP contribution is -2.17. The Morgan fingerprint density at radius 3 is 2.96 bits per heavy atom. The average molecular weight is 310 g/mol. The zero-order valence-corrected chi connectivity index (χ0v) is 12.5. The standard InChI is InChI=1S/C15H14N6O2/c1-23-15-10(11(8-2-3-8)17-7-18-15)12-19-13-9(14(22)20-12)4-5-21(13)6-16/h7-8H,2-5H2,1H3,(H,19,20,22). The number of rotatable bonds is 3. The molecule has 8 nitrogen and oxygen atoms in total. The van der Waals surface area contributed by atoms with Crippen LogP contribution in [0, 0.1) is 11.5 Å². The van der Waals surface area contributed by atoms with Gasteiger partial charge in [0.25, 0.3) is 5.56 Å². The van der Waals surface area contributed by atoms with Gasteiger partial charge in [0.15, 0.2) is 12.0 Å². The number of fused-ring (bicyclic) bond motifs is 1. The molecule has 0 radical (unpaired) electrons. The first-order valence-corrected chi connectivity index (χ1v) is 7.42. The molecule has 0 spiro atoms. The molecule has 1 aliphatic carbocycles. The molecule has 1 N–H and O–H groups in total. The van der Waals surface area contributed by atoms with Crippen molar-refractivity contribution in [3.63, 3.8) is 0 Å². The molecule has 1 fully saturated rings. The van der Waals surface area contributed by atoms with Crippen LogP contribution in [-0.2, 0) is 6.42 Å². The van der Waals surface area contributed by atoms with Gasteiger partial charge in [-0.15, -0.1) is 0 Å². The van der Waals surface area contributed by atoms with Gasteiger partial charge in [0.1, 0.15) is 17.7 Å². The van der Waals surface area contributed by atoms with E-state index in [1.807, 2.05) is 0 Å². The second kappa shape index (κ2) is 5.05. The third-order valence-corrected chi connectivity index (χ3v) is 4.19. The van der Waals surface area contributed by atoms with Crippen LogP contribution in [0.25, 0.3) is 11.4 Å². The molecule has 0 atom stereocenters. The van der Waals surface area contributed by atoms with Crippen LogP contribution in [0.5, 0.6) is 5.88 Å². The number of aromatic amines is 1. The number of nitrogens with one attached hydrogen (secondary N) is 1. The van der Waals surface area contributed by atoms with Crippen molar-refractivity contribution >= 4 is 5.82 Å². The van der Waals surface area contributed by atoms with Crippen LogP contribution < -0.4 is 15.2 Å². The van der Waals surface area contributed by atoms with E-state index in [0.717, 1.165) is 18.5 Å². The fourth-order valence-corrected chi connectivity index (χ4v) is 2.91. The number of nitriles is 1. The Morgan fingerprint density at radius 2 is 2.26 bits per heavy atom. The van der Waals surface area contributed by atoms with Crippen molar-refractivity contribution in [2.45, 2.75) is 25.2 Å². The summed E-state index contributed by atoms with van der Waals surface area (Å²) in [5.74, 6) is 1.49. The van der Waals surface area contributed by atoms with E-state index in [1.54, 1.807) is 0 Å². The van der Waals surface area contributed by atoms with Crippen LogP contribution in [0.3, 0.4) is 0 Å². The Balaban J connectivity index is 1.94. The summed E-state index contributed by atoms with van der Waals surface area (Å²) < 4.78 is 5.34. The Hall–Kier alpha value is -2.95. The molecule has 1 aliphatic heterocycles. The Kier molecular flexibility index (Phi) is 3.01. The van der Waals surface area contributed by atoms with Gasteiger partial charge in [-0.1, -0.05) is 0 Å². The molecule has 0 saturated heterocycles. The summed E-state index contributed by atoms with van der Waals surface area (Å²) in [6.45, 7) is 0.475. The summed E-state index contributed by atoms with van der Waals surface area (Å²) in [5.41, 5.74) is 1.76. The lowest BCUT2D eigenvalue weighted by molar-refractivity contribution is 0.397. The molecular weight excluding hydrogens is 296 g/mol. The largest absolute Gasteiger partial charge is 0.480 e. The zero-order chi connectivity index (χ0) is 16.0. The van der Waals surface area contributed by atoms with Crippen molar-refractivity contribution in [2.24, 2.45) is 0 Å². The number of nitrogens with zero attached hydrogens (tertiary/aromatic N) is 5. The van der Waals surface area contributed by atoms with Crippen LogP contribution in [0.2, 0.25) is 0 Å². The number of H-pyrrole nitrogens is 1. The molecule has 23 heavy (non-hydrogen) atoms. The van der Waals surface area contributed by atoms with Gasteiger partial charge in [-0.05, 0) is 12.8 Å². The third kappa shape index (κ3) is 2.12. The highest BCUT2D eigenvalue weighted by molar-refractivity contribution is 5.68. The molecule has 3 heterocycles. The van der Waals surface area contributed by atoms with Crippen LogP contribution in [-0.4, -0.2) is 33.6 Å². The SMILES string of the molecule is COc1ncnc(C2CC2)c1-c1nc2c(c(=O)[nH]1)CCN2C#N. The van der Waals surface area contributed by atoms with Crippen molar-refractivity contribution in [1.82, 2.24) is 19.9 Å². The van der Waals surface area contributed by atoms with Gasteiger partial charge < -0.3 is 9.72 Å². The molecule has 1 saturated carbocycles. The summed E-state index contributed by atoms with van der Waals surface area (Å²) in [7, 11) is 1.52. The van der Waals surface area contributed by atoms with Crippen molar-refractivity contribution in [3.8, 4) is 23.5 Å². The first-order chi connectivity index (χ1) is 11.2. The molecule has 4 rings (SSSR count). The molecule has 0 amide bonds. The van der Waals surface area contributed by atoms with Gasteiger partial charge in [-0.3, -0.25) is 9.69 Å². The lowest BCUT2D eigenvalue weighted by atomic mass is 10.1. The van der Waals surface area contributed by atoms with Crippen LogP contribution in [0.15, 0.2) is 11.1 Å². The zero-order valence-electron chi connectivity index (χ0n) is 12.5. The van der Waals surface area contributed by atoms with Crippen molar-refractivity contribution in [1.29, 1.82) is 5.26 Å². The molecule has 0 bridgehead atoms. The minimum atomic E-state index is -0.226. The summed E-state index contributed by atoms with van der Waals surface area (Å²) in [6.07, 6.45) is 6.14. The molecule has 2 aromatic rings. The van der Waals surface area contributed by atoms with E-state index in [2.05, 4.69) is 26.1 Å². The van der Waals surface area contributed by atoms with E-state index in [4.69, 9.17) is 4.74 Å². The normalized spacial score (nSPS) is 16.1. The quantitative estimate of drug-likeness (QED) is 0.841. The predicted molar refractivity (Wildman–Crippen MR) is 81.1 cm³/mol. The fourth-order valence-electron chi connectivity index (χ4n) is 2.91. The van der Waals surface area contributed by atoms with E-state index in [0.29, 0.717) is 47.5 Å². The molecule has 2 aromatic heterocycles. The van der Waals surface area contributed by atoms with Gasteiger partial charge in [0.2, 0.25) is 5.88 Å².